The van der Waals surface area contributed by atoms with E-state index in [1.165, 1.54) is 20.8 Å². The molecular weight excluding hydrogens is 1120 g/mol. The fourth-order valence-corrected chi connectivity index (χ4v) is 16.5. The van der Waals surface area contributed by atoms with E-state index in [0.29, 0.717) is 19.3 Å². The molecule has 0 amide bonds. The molecule has 0 radical (unpaired) electrons. The molecule has 16 N–H and O–H groups in total. The van der Waals surface area contributed by atoms with Gasteiger partial charge in [-0.1, -0.05) is 39.3 Å². The average molecular weight is 1210 g/mol. The number of aliphatic hydroxyl groups is 16. The third kappa shape index (κ3) is 11.8. The number of aliphatic hydroxyl groups excluding tert-OH is 15. The molecule has 0 aromatic rings. The van der Waals surface area contributed by atoms with E-state index in [-0.39, 0.29) is 60.1 Å². The van der Waals surface area contributed by atoms with Gasteiger partial charge in [0.2, 0.25) is 0 Å². The highest BCUT2D eigenvalue weighted by molar-refractivity contribution is 5.27. The van der Waals surface area contributed by atoms with Crippen LogP contribution in [0.15, 0.2) is 11.6 Å². The molecule has 484 valence electrons. The van der Waals surface area contributed by atoms with Gasteiger partial charge in [0.05, 0.1) is 56.4 Å². The highest BCUT2D eigenvalue weighted by Gasteiger charge is 2.68. The van der Waals surface area contributed by atoms with Crippen molar-refractivity contribution in [2.45, 2.75) is 277 Å². The quantitative estimate of drug-likeness (QED) is 0.0652. The van der Waals surface area contributed by atoms with Crippen LogP contribution in [0.2, 0.25) is 0 Å². The lowest BCUT2D eigenvalue weighted by molar-refractivity contribution is -0.395. The maximum atomic E-state index is 12.3. The van der Waals surface area contributed by atoms with Crippen LogP contribution in [0, 0.1) is 46.3 Å². The molecule has 3 saturated carbocycles. The van der Waals surface area contributed by atoms with E-state index in [1.54, 1.807) is 0 Å². The van der Waals surface area contributed by atoms with Gasteiger partial charge in [-0.25, -0.2) is 0 Å². The third-order valence-corrected chi connectivity index (χ3v) is 21.6. The molecule has 4 aliphatic carbocycles. The monoisotopic (exact) mass is 1210 g/mol. The molecule has 6 heterocycles. The van der Waals surface area contributed by atoms with Crippen LogP contribution in [0.5, 0.6) is 0 Å². The Balaban J connectivity index is 0.798. The van der Waals surface area contributed by atoms with Crippen LogP contribution >= 0.6 is 0 Å². The van der Waals surface area contributed by atoms with Crippen LogP contribution in [0.3, 0.4) is 0 Å². The molecule has 37 atom stereocenters. The molecule has 0 aromatic carbocycles. The first-order valence-corrected chi connectivity index (χ1v) is 30.2. The van der Waals surface area contributed by atoms with Crippen LogP contribution in [-0.4, -0.2) is 279 Å². The number of hydrogen-bond donors (Lipinski definition) is 16. The van der Waals surface area contributed by atoms with Crippen molar-refractivity contribution in [3.63, 3.8) is 0 Å². The van der Waals surface area contributed by atoms with E-state index in [1.807, 2.05) is 6.92 Å². The SMILES string of the molecule is C[C@H](CC[C@@]1(O)O[C@H]2C[C@H]3[C@@H]4CC=C5C[C@@H](O[C@@H]6O[C@H](CO)[C@@H](O[C@@H]7O[C@@H](C)[C@H](O[C@@H]8O[C@@H](C)[C@H](O)[C@@H](O)[C@H]8O)[C@@H](O)[C@H]7O)[C@H](O)[C@H]6O[C@@H]6O[C@@H](C)[C@H](O)[C@@H](O)[C@H]6O)[C@H](O)C[C@]5(C)[C@H]4CC[C@]3(C)[C@H]2[C@@H]1C)CO[C@@H]1O[C@H](CO)[C@@H](O)[C@H](O)[C@H]1O. The van der Waals surface area contributed by atoms with Crippen molar-refractivity contribution >= 4 is 0 Å². The maximum absolute atomic E-state index is 12.3. The van der Waals surface area contributed by atoms with E-state index >= 15 is 0 Å². The Labute approximate surface area is 487 Å². The Morgan fingerprint density at radius 2 is 1.13 bits per heavy atom. The van der Waals surface area contributed by atoms with Gasteiger partial charge in [-0.2, -0.15) is 0 Å². The Bertz CT molecular complexity index is 2240. The zero-order valence-corrected chi connectivity index (χ0v) is 48.6. The summed E-state index contributed by atoms with van der Waals surface area (Å²) >= 11 is 0. The second-order valence-corrected chi connectivity index (χ2v) is 26.8. The van der Waals surface area contributed by atoms with E-state index < -0.39 is 190 Å². The number of ether oxygens (including phenoxy) is 11. The molecule has 84 heavy (non-hydrogen) atoms. The van der Waals surface area contributed by atoms with Gasteiger partial charge < -0.3 is 134 Å². The highest BCUT2D eigenvalue weighted by atomic mass is 16.8. The normalized spacial score (nSPS) is 56.2. The molecule has 6 aliphatic heterocycles. The van der Waals surface area contributed by atoms with Crippen LogP contribution in [0.1, 0.15) is 99.8 Å². The Kier molecular flexibility index (Phi) is 19.8. The molecule has 6 saturated heterocycles. The Morgan fingerprint density at radius 1 is 0.583 bits per heavy atom. The number of allylic oxidation sites excluding steroid dienone is 1. The summed E-state index contributed by atoms with van der Waals surface area (Å²) in [5.41, 5.74) is 0.458. The van der Waals surface area contributed by atoms with Crippen molar-refractivity contribution < 1.29 is 134 Å². The van der Waals surface area contributed by atoms with Gasteiger partial charge in [0.1, 0.15) is 104 Å². The third-order valence-electron chi connectivity index (χ3n) is 21.6. The molecule has 10 rings (SSSR count). The minimum absolute atomic E-state index is 0.0742. The zero-order valence-electron chi connectivity index (χ0n) is 48.6. The predicted octanol–water partition coefficient (Wildman–Crippen LogP) is -4.16. The molecule has 0 bridgehead atoms. The highest BCUT2D eigenvalue weighted by Crippen LogP contribution is 2.70. The molecule has 9 fully saturated rings. The van der Waals surface area contributed by atoms with Gasteiger partial charge in [0.15, 0.2) is 37.2 Å². The van der Waals surface area contributed by atoms with Crippen LogP contribution in [0.25, 0.3) is 0 Å². The van der Waals surface area contributed by atoms with Crippen molar-refractivity contribution in [2.75, 3.05) is 19.8 Å². The number of fused-ring (bicyclic) bond motifs is 7. The molecule has 0 aromatic heterocycles. The minimum atomic E-state index is -1.92. The van der Waals surface area contributed by atoms with Crippen molar-refractivity contribution in [1.29, 1.82) is 0 Å². The van der Waals surface area contributed by atoms with Crippen LogP contribution < -0.4 is 0 Å². The summed E-state index contributed by atoms with van der Waals surface area (Å²) in [4.78, 5) is 0. The molecule has 27 nitrogen and oxygen atoms in total. The van der Waals surface area contributed by atoms with Crippen LogP contribution in [0.4, 0.5) is 0 Å². The van der Waals surface area contributed by atoms with Crippen molar-refractivity contribution in [1.82, 2.24) is 0 Å². The maximum Gasteiger partial charge on any atom is 0.187 e. The van der Waals surface area contributed by atoms with Crippen molar-refractivity contribution in [3.05, 3.63) is 11.6 Å². The van der Waals surface area contributed by atoms with Gasteiger partial charge in [-0.3, -0.25) is 0 Å². The zero-order chi connectivity index (χ0) is 61.0. The number of hydrogen-bond acceptors (Lipinski definition) is 27. The number of rotatable bonds is 16. The summed E-state index contributed by atoms with van der Waals surface area (Å²) < 4.78 is 66.3. The van der Waals surface area contributed by atoms with E-state index in [9.17, 15) is 81.7 Å². The predicted molar refractivity (Wildman–Crippen MR) is 281 cm³/mol. The first-order chi connectivity index (χ1) is 39.6. The summed E-state index contributed by atoms with van der Waals surface area (Å²) in [6.07, 6.45) is -33.8. The average Bonchev–Trinajstić information content (AvgIpc) is 2.60. The summed E-state index contributed by atoms with van der Waals surface area (Å²) in [6.45, 7) is 11.6. The van der Waals surface area contributed by atoms with Gasteiger partial charge in [0.25, 0.3) is 0 Å². The van der Waals surface area contributed by atoms with Gasteiger partial charge in [-0.15, -0.1) is 0 Å². The lowest BCUT2D eigenvalue weighted by Gasteiger charge is -2.59. The van der Waals surface area contributed by atoms with Gasteiger partial charge >= 0.3 is 0 Å². The first kappa shape index (κ1) is 65.6. The standard InChI is InChI=1S/C57H94O27/c1-20(19-74-50-42(68)40(66)37(63)32(17-58)79-50)10-13-57(73)21(2)34-31(84-57)15-28-26-9-8-25-14-30(29(60)16-56(25,7)27(26)11-12-55(28,34)6)78-54-49(83-52-44(70)39(65)36(62)23(4)76-52)46(72)48(33(18-59)80-54)82-53-45(71)41(67)47(24(5)77-53)81-51-43(69)38(64)35(61)22(3)75-51/h8,20-24,26-54,58-73H,9-19H2,1-7H3/t20-,21+,22+,23+,24+,26-,27+,28+,29-,30-,31+,32-,33-,34+,35+,36+,37-,38-,39-,40+,41+,42-,43-,44-,45-,46+,47+,48-,49-,50-,51+,52+,53+,54-,55+,56+,57-/m1/s1. The molecule has 0 spiro atoms. The minimum Gasteiger partial charge on any atom is -0.394 e. The van der Waals surface area contributed by atoms with E-state index in [4.69, 9.17) is 52.1 Å². The Hall–Kier alpha value is -1.34. The first-order valence-electron chi connectivity index (χ1n) is 30.2. The lowest BCUT2D eigenvalue weighted by atomic mass is 9.46. The van der Waals surface area contributed by atoms with E-state index in [0.717, 1.165) is 31.3 Å². The van der Waals surface area contributed by atoms with Crippen molar-refractivity contribution in [2.24, 2.45) is 46.3 Å². The summed E-state index contributed by atoms with van der Waals surface area (Å²) in [5.74, 6) is -0.959. The summed E-state index contributed by atoms with van der Waals surface area (Å²) in [5, 5.41) is 174. The molecule has 0 unspecified atom stereocenters. The van der Waals surface area contributed by atoms with Crippen molar-refractivity contribution in [3.8, 4) is 0 Å². The summed E-state index contributed by atoms with van der Waals surface area (Å²) in [6, 6.07) is 0. The molecule has 27 heteroatoms. The summed E-state index contributed by atoms with van der Waals surface area (Å²) in [7, 11) is 0. The van der Waals surface area contributed by atoms with Gasteiger partial charge in [-0.05, 0) is 106 Å². The van der Waals surface area contributed by atoms with Gasteiger partial charge in [0, 0.05) is 12.3 Å². The molecule has 10 aliphatic rings. The van der Waals surface area contributed by atoms with Crippen LogP contribution in [-0.2, 0) is 52.1 Å². The van der Waals surface area contributed by atoms with E-state index in [2.05, 4.69) is 26.8 Å². The smallest absolute Gasteiger partial charge is 0.187 e. The Morgan fingerprint density at radius 3 is 1.75 bits per heavy atom. The molecular formula is C57H94O27. The fraction of sp³-hybridized carbons (Fsp3) is 0.965. The fourth-order valence-electron chi connectivity index (χ4n) is 16.5. The lowest BCUT2D eigenvalue weighted by Crippen LogP contribution is -2.67. The second-order valence-electron chi connectivity index (χ2n) is 26.8. The largest absolute Gasteiger partial charge is 0.394 e. The second kappa shape index (κ2) is 25.4. The topological polar surface area (TPSA) is 425 Å².